The van der Waals surface area contributed by atoms with Crippen LogP contribution in [0.2, 0.25) is 0 Å². The molecule has 2 rings (SSSR count). The van der Waals surface area contributed by atoms with Crippen molar-refractivity contribution in [3.05, 3.63) is 47.9 Å². The van der Waals surface area contributed by atoms with Crippen molar-refractivity contribution in [3.8, 4) is 0 Å². The third-order valence-corrected chi connectivity index (χ3v) is 5.04. The third kappa shape index (κ3) is 4.49. The quantitative estimate of drug-likeness (QED) is 0.827. The number of carboxylic acids is 1. The fourth-order valence-electron chi connectivity index (χ4n) is 1.98. The fraction of sp³-hybridized carbons (Fsp3) is 0.267. The van der Waals surface area contributed by atoms with Crippen molar-refractivity contribution in [3.63, 3.8) is 0 Å². The number of nitrogens with one attached hydrogen (secondary N) is 1. The molecule has 122 valence electrons. The number of aromatic carboxylic acids is 1. The van der Waals surface area contributed by atoms with E-state index in [1.165, 1.54) is 6.20 Å². The van der Waals surface area contributed by atoms with E-state index in [4.69, 9.17) is 5.11 Å². The molecular weight excluding hydrogens is 318 g/mol. The van der Waals surface area contributed by atoms with Crippen molar-refractivity contribution < 1.29 is 18.3 Å². The maximum absolute atomic E-state index is 12.3. The maximum Gasteiger partial charge on any atom is 0.356 e. The number of carbonyl (C=O) groups is 1. The van der Waals surface area contributed by atoms with Gasteiger partial charge in [0.05, 0.1) is 23.0 Å². The molecule has 0 spiro atoms. The van der Waals surface area contributed by atoms with Gasteiger partial charge in [-0.25, -0.2) is 23.2 Å². The number of hydrogen-bond donors (Lipinski definition) is 2. The first-order chi connectivity index (χ1) is 10.8. The molecule has 0 aliphatic carbocycles. The van der Waals surface area contributed by atoms with E-state index < -0.39 is 21.8 Å². The molecule has 2 aromatic rings. The second kappa shape index (κ2) is 6.74. The number of benzene rings is 1. The van der Waals surface area contributed by atoms with Crippen molar-refractivity contribution in [2.24, 2.45) is 0 Å². The zero-order chi connectivity index (χ0) is 17.0. The maximum atomic E-state index is 12.3. The van der Waals surface area contributed by atoms with Crippen LogP contribution in [-0.2, 0) is 9.84 Å². The Morgan fingerprint density at radius 3 is 2.39 bits per heavy atom. The smallest absolute Gasteiger partial charge is 0.356 e. The fourth-order valence-corrected chi connectivity index (χ4v) is 3.46. The number of hydrogen-bond acceptors (Lipinski definition) is 6. The van der Waals surface area contributed by atoms with Crippen molar-refractivity contribution in [2.75, 3.05) is 11.1 Å². The van der Waals surface area contributed by atoms with Crippen LogP contribution in [-0.4, -0.2) is 41.3 Å². The van der Waals surface area contributed by atoms with Crippen molar-refractivity contribution in [1.29, 1.82) is 0 Å². The normalized spacial score (nSPS) is 12.6. The average molecular weight is 335 g/mol. The van der Waals surface area contributed by atoms with Gasteiger partial charge in [0.1, 0.15) is 5.82 Å². The molecule has 7 nitrogen and oxygen atoms in total. The number of anilines is 1. The lowest BCUT2D eigenvalue weighted by molar-refractivity contribution is 0.0690. The number of aryl methyl sites for hydroxylation is 1. The van der Waals surface area contributed by atoms with Gasteiger partial charge in [-0.1, -0.05) is 17.7 Å². The van der Waals surface area contributed by atoms with Crippen LogP contribution < -0.4 is 5.32 Å². The minimum absolute atomic E-state index is 0.113. The molecule has 0 amide bonds. The monoisotopic (exact) mass is 335 g/mol. The Morgan fingerprint density at radius 1 is 1.22 bits per heavy atom. The van der Waals surface area contributed by atoms with E-state index in [2.05, 4.69) is 15.3 Å². The van der Waals surface area contributed by atoms with E-state index >= 15 is 0 Å². The van der Waals surface area contributed by atoms with E-state index in [0.29, 0.717) is 5.82 Å². The first-order valence-electron chi connectivity index (χ1n) is 6.89. The number of nitrogens with zero attached hydrogens (tertiary/aromatic N) is 2. The van der Waals surface area contributed by atoms with Gasteiger partial charge in [-0.2, -0.15) is 0 Å². The lowest BCUT2D eigenvalue weighted by Gasteiger charge is -2.14. The number of sulfone groups is 1. The molecule has 0 saturated carbocycles. The minimum atomic E-state index is -3.42. The van der Waals surface area contributed by atoms with Crippen LogP contribution in [0.15, 0.2) is 41.6 Å². The summed E-state index contributed by atoms with van der Waals surface area (Å²) in [7, 11) is -3.42. The van der Waals surface area contributed by atoms with Crippen LogP contribution >= 0.6 is 0 Å². The SMILES string of the molecule is Cc1ccc(S(=O)(=O)CC(C)Nc2cnc(C(=O)O)cn2)cc1. The molecular formula is C15H17N3O4S. The molecule has 0 radical (unpaired) electrons. The summed E-state index contributed by atoms with van der Waals surface area (Å²) in [5, 5.41) is 11.7. The third-order valence-electron chi connectivity index (χ3n) is 3.11. The van der Waals surface area contributed by atoms with E-state index in [1.54, 1.807) is 31.2 Å². The Balaban J connectivity index is 2.04. The first-order valence-corrected chi connectivity index (χ1v) is 8.54. The molecule has 0 saturated heterocycles. The molecule has 0 bridgehead atoms. The highest BCUT2D eigenvalue weighted by atomic mass is 32.2. The number of aromatic nitrogens is 2. The molecule has 0 aliphatic rings. The second-order valence-corrected chi connectivity index (χ2v) is 7.27. The predicted molar refractivity (Wildman–Crippen MR) is 85.3 cm³/mol. The zero-order valence-corrected chi connectivity index (χ0v) is 13.5. The standard InChI is InChI=1S/C15H17N3O4S/c1-10-3-5-12(6-4-10)23(21,22)9-11(2)18-14-8-16-13(7-17-14)15(19)20/h3-8,11H,9H2,1-2H3,(H,17,18)(H,19,20). The van der Waals surface area contributed by atoms with Crippen LogP contribution in [0.25, 0.3) is 0 Å². The van der Waals surface area contributed by atoms with Crippen molar-refractivity contribution in [2.45, 2.75) is 24.8 Å². The summed E-state index contributed by atoms with van der Waals surface area (Å²) >= 11 is 0. The van der Waals surface area contributed by atoms with Crippen LogP contribution in [0.4, 0.5) is 5.82 Å². The summed E-state index contributed by atoms with van der Waals surface area (Å²) in [6.45, 7) is 3.60. The average Bonchev–Trinajstić information content (AvgIpc) is 2.47. The Bertz CT molecular complexity index is 786. The van der Waals surface area contributed by atoms with Gasteiger partial charge in [0.2, 0.25) is 0 Å². The number of rotatable bonds is 6. The van der Waals surface area contributed by atoms with Gasteiger partial charge in [0.25, 0.3) is 0 Å². The number of carboxylic acid groups (broad SMARTS) is 1. The van der Waals surface area contributed by atoms with Crippen LogP contribution in [0, 0.1) is 6.92 Å². The molecule has 1 heterocycles. The van der Waals surface area contributed by atoms with Gasteiger partial charge >= 0.3 is 5.97 Å². The lowest BCUT2D eigenvalue weighted by Crippen LogP contribution is -2.26. The highest BCUT2D eigenvalue weighted by Crippen LogP contribution is 2.14. The van der Waals surface area contributed by atoms with E-state index in [1.807, 2.05) is 6.92 Å². The van der Waals surface area contributed by atoms with Crippen LogP contribution in [0.5, 0.6) is 0 Å². The lowest BCUT2D eigenvalue weighted by atomic mass is 10.2. The zero-order valence-electron chi connectivity index (χ0n) is 12.7. The summed E-state index contributed by atoms with van der Waals surface area (Å²) in [5.74, 6) is -0.959. The van der Waals surface area contributed by atoms with Gasteiger partial charge < -0.3 is 10.4 Å². The highest BCUT2D eigenvalue weighted by Gasteiger charge is 2.18. The van der Waals surface area contributed by atoms with E-state index in [0.717, 1.165) is 11.8 Å². The van der Waals surface area contributed by atoms with Gasteiger partial charge in [-0.15, -0.1) is 0 Å². The van der Waals surface area contributed by atoms with Gasteiger partial charge in [-0.05, 0) is 26.0 Å². The van der Waals surface area contributed by atoms with Crippen LogP contribution in [0.3, 0.4) is 0 Å². The Morgan fingerprint density at radius 2 is 1.87 bits per heavy atom. The van der Waals surface area contributed by atoms with Gasteiger partial charge in [0.15, 0.2) is 15.5 Å². The molecule has 0 fully saturated rings. The summed E-state index contributed by atoms with van der Waals surface area (Å²) in [5.41, 5.74) is 0.819. The molecule has 2 N–H and O–H groups in total. The summed E-state index contributed by atoms with van der Waals surface area (Å²) in [6, 6.07) is 6.26. The van der Waals surface area contributed by atoms with Gasteiger partial charge in [-0.3, -0.25) is 0 Å². The summed E-state index contributed by atoms with van der Waals surface area (Å²) in [6.07, 6.45) is 2.38. The largest absolute Gasteiger partial charge is 0.476 e. The molecule has 1 unspecified atom stereocenters. The van der Waals surface area contributed by atoms with Gasteiger partial charge in [0, 0.05) is 6.04 Å². The molecule has 1 atom stereocenters. The molecule has 23 heavy (non-hydrogen) atoms. The van der Waals surface area contributed by atoms with E-state index in [9.17, 15) is 13.2 Å². The van der Waals surface area contributed by atoms with Crippen molar-refractivity contribution >= 4 is 21.6 Å². The van der Waals surface area contributed by atoms with Crippen LogP contribution in [0.1, 0.15) is 23.0 Å². The van der Waals surface area contributed by atoms with Crippen molar-refractivity contribution in [1.82, 2.24) is 9.97 Å². The molecule has 1 aromatic heterocycles. The Kier molecular flexibility index (Phi) is 4.95. The minimum Gasteiger partial charge on any atom is -0.476 e. The predicted octanol–water partition coefficient (Wildman–Crippen LogP) is 1.76. The Labute approximate surface area is 134 Å². The Hall–Kier alpha value is -2.48. The molecule has 8 heteroatoms. The molecule has 1 aromatic carbocycles. The summed E-state index contributed by atoms with van der Waals surface area (Å²) < 4.78 is 24.7. The summed E-state index contributed by atoms with van der Waals surface area (Å²) in [4.78, 5) is 18.6. The molecule has 0 aliphatic heterocycles. The topological polar surface area (TPSA) is 109 Å². The van der Waals surface area contributed by atoms with E-state index in [-0.39, 0.29) is 16.3 Å². The second-order valence-electron chi connectivity index (χ2n) is 5.23. The highest BCUT2D eigenvalue weighted by molar-refractivity contribution is 7.91. The first kappa shape index (κ1) is 16.9.